The molecule has 20 heavy (non-hydrogen) atoms. The quantitative estimate of drug-likeness (QED) is 0.753. The maximum Gasteiger partial charge on any atom is 0.225 e. The van der Waals surface area contributed by atoms with Crippen molar-refractivity contribution in [2.75, 3.05) is 24.1 Å². The molecule has 0 unspecified atom stereocenters. The monoisotopic (exact) mass is 277 g/mol. The average Bonchev–Trinajstić information content (AvgIpc) is 2.38. The van der Waals surface area contributed by atoms with Gasteiger partial charge in [-0.1, -0.05) is 13.0 Å². The maximum absolute atomic E-state index is 12.0. The summed E-state index contributed by atoms with van der Waals surface area (Å²) in [6, 6.07) is 6.03. The highest BCUT2D eigenvalue weighted by atomic mass is 16.1. The van der Waals surface area contributed by atoms with Gasteiger partial charge in [-0.3, -0.25) is 4.79 Å². The molecule has 0 fully saturated rings. The lowest BCUT2D eigenvalue weighted by Crippen LogP contribution is -2.34. The first-order chi connectivity index (χ1) is 9.43. The molecule has 0 aliphatic carbocycles. The zero-order valence-electron chi connectivity index (χ0n) is 13.1. The van der Waals surface area contributed by atoms with E-state index in [9.17, 15) is 4.79 Å². The van der Waals surface area contributed by atoms with Crippen molar-refractivity contribution in [2.24, 2.45) is 0 Å². The molecule has 1 rings (SSSR count). The summed E-state index contributed by atoms with van der Waals surface area (Å²) in [6.45, 7) is 10.3. The molecular formula is C16H27N3O. The van der Waals surface area contributed by atoms with Gasteiger partial charge in [0.1, 0.15) is 0 Å². The predicted molar refractivity (Wildman–Crippen MR) is 85.8 cm³/mol. The van der Waals surface area contributed by atoms with Crippen molar-refractivity contribution >= 4 is 17.3 Å². The van der Waals surface area contributed by atoms with Crippen LogP contribution in [0.4, 0.5) is 11.4 Å². The van der Waals surface area contributed by atoms with E-state index in [1.165, 1.54) is 0 Å². The molecule has 0 aromatic heterocycles. The number of hydrogen-bond donors (Lipinski definition) is 2. The van der Waals surface area contributed by atoms with Crippen LogP contribution in [0.5, 0.6) is 0 Å². The van der Waals surface area contributed by atoms with E-state index in [-0.39, 0.29) is 5.91 Å². The molecule has 0 bridgehead atoms. The van der Waals surface area contributed by atoms with Gasteiger partial charge in [0, 0.05) is 30.4 Å². The molecule has 4 heteroatoms. The number of carbonyl (C=O) groups excluding carboxylic acids is 1. The first kappa shape index (κ1) is 16.5. The second-order valence-corrected chi connectivity index (χ2v) is 5.50. The van der Waals surface area contributed by atoms with Crippen LogP contribution in [0.25, 0.3) is 0 Å². The van der Waals surface area contributed by atoms with E-state index in [0.29, 0.717) is 18.2 Å². The molecule has 4 nitrogen and oxygen atoms in total. The van der Waals surface area contributed by atoms with E-state index in [0.717, 1.165) is 30.8 Å². The molecule has 0 atom stereocenters. The number of benzene rings is 1. The number of carbonyl (C=O) groups is 1. The van der Waals surface area contributed by atoms with Crippen LogP contribution in [-0.4, -0.2) is 29.9 Å². The minimum Gasteiger partial charge on any atom is -0.399 e. The Bertz CT molecular complexity index is 443. The third-order valence-corrected chi connectivity index (χ3v) is 3.40. The first-order valence-corrected chi connectivity index (χ1v) is 7.34. The van der Waals surface area contributed by atoms with Crippen molar-refractivity contribution in [1.29, 1.82) is 0 Å². The fourth-order valence-corrected chi connectivity index (χ4v) is 2.15. The highest BCUT2D eigenvalue weighted by molar-refractivity contribution is 5.92. The van der Waals surface area contributed by atoms with Crippen LogP contribution >= 0.6 is 0 Å². The van der Waals surface area contributed by atoms with Crippen LogP contribution in [0.3, 0.4) is 0 Å². The number of anilines is 2. The summed E-state index contributed by atoms with van der Waals surface area (Å²) >= 11 is 0. The number of nitrogens with one attached hydrogen (secondary N) is 1. The number of rotatable bonds is 7. The molecule has 0 spiro atoms. The van der Waals surface area contributed by atoms with Crippen LogP contribution in [0, 0.1) is 6.92 Å². The van der Waals surface area contributed by atoms with Crippen LogP contribution in [-0.2, 0) is 4.79 Å². The molecular weight excluding hydrogens is 250 g/mol. The smallest absolute Gasteiger partial charge is 0.225 e. The zero-order valence-corrected chi connectivity index (χ0v) is 13.1. The number of aryl methyl sites for hydroxylation is 1. The third-order valence-electron chi connectivity index (χ3n) is 3.40. The zero-order chi connectivity index (χ0) is 15.1. The average molecular weight is 277 g/mol. The second kappa shape index (κ2) is 7.90. The van der Waals surface area contributed by atoms with E-state index in [2.05, 4.69) is 31.0 Å². The van der Waals surface area contributed by atoms with Crippen LogP contribution in [0.15, 0.2) is 18.2 Å². The van der Waals surface area contributed by atoms with Gasteiger partial charge in [-0.05, 0) is 51.4 Å². The van der Waals surface area contributed by atoms with Gasteiger partial charge in [0.25, 0.3) is 0 Å². The fraction of sp³-hybridized carbons (Fsp3) is 0.562. The lowest BCUT2D eigenvalue weighted by molar-refractivity contribution is -0.116. The number of nitrogen functional groups attached to an aromatic ring is 1. The van der Waals surface area contributed by atoms with Gasteiger partial charge < -0.3 is 16.0 Å². The summed E-state index contributed by atoms with van der Waals surface area (Å²) in [7, 11) is 0. The van der Waals surface area contributed by atoms with Crippen LogP contribution in [0.1, 0.15) is 39.2 Å². The molecule has 3 N–H and O–H groups in total. The van der Waals surface area contributed by atoms with Crippen molar-refractivity contribution in [3.63, 3.8) is 0 Å². The lowest BCUT2D eigenvalue weighted by atomic mass is 10.1. The predicted octanol–water partition coefficient (Wildman–Crippen LogP) is 3.03. The standard InChI is InChI=1S/C16H27N3O/c1-5-9-19(12(2)3)10-8-16(20)18-15-11-14(17)7-6-13(15)4/h6-7,11-12H,5,8-10,17H2,1-4H3,(H,18,20). The van der Waals surface area contributed by atoms with Gasteiger partial charge in [0.2, 0.25) is 5.91 Å². The first-order valence-electron chi connectivity index (χ1n) is 7.34. The van der Waals surface area contributed by atoms with Gasteiger partial charge in [-0.2, -0.15) is 0 Å². The number of nitrogens with zero attached hydrogens (tertiary/aromatic N) is 1. The second-order valence-electron chi connectivity index (χ2n) is 5.50. The Hall–Kier alpha value is -1.55. The van der Waals surface area contributed by atoms with Crippen molar-refractivity contribution < 1.29 is 4.79 Å². The van der Waals surface area contributed by atoms with Crippen LogP contribution < -0.4 is 11.1 Å². The normalized spacial score (nSPS) is 11.1. The summed E-state index contributed by atoms with van der Waals surface area (Å²) < 4.78 is 0. The Balaban J connectivity index is 2.53. The van der Waals surface area contributed by atoms with E-state index in [1.807, 2.05) is 19.1 Å². The Morgan fingerprint density at radius 1 is 1.35 bits per heavy atom. The Morgan fingerprint density at radius 3 is 2.65 bits per heavy atom. The van der Waals surface area contributed by atoms with E-state index in [1.54, 1.807) is 6.07 Å². The Kier molecular flexibility index (Phi) is 6.52. The molecule has 1 amide bonds. The van der Waals surface area contributed by atoms with Crippen molar-refractivity contribution in [3.8, 4) is 0 Å². The fourth-order valence-electron chi connectivity index (χ4n) is 2.15. The summed E-state index contributed by atoms with van der Waals surface area (Å²) in [5.74, 6) is 0.0421. The highest BCUT2D eigenvalue weighted by Crippen LogP contribution is 2.18. The van der Waals surface area contributed by atoms with Gasteiger partial charge in [-0.25, -0.2) is 0 Å². The molecule has 0 saturated carbocycles. The Morgan fingerprint density at radius 2 is 2.05 bits per heavy atom. The number of nitrogens with two attached hydrogens (primary N) is 1. The maximum atomic E-state index is 12.0. The number of hydrogen-bond acceptors (Lipinski definition) is 3. The van der Waals surface area contributed by atoms with Crippen LogP contribution in [0.2, 0.25) is 0 Å². The van der Waals surface area contributed by atoms with E-state index >= 15 is 0 Å². The highest BCUT2D eigenvalue weighted by Gasteiger charge is 2.11. The molecule has 0 aliphatic heterocycles. The van der Waals surface area contributed by atoms with Gasteiger partial charge in [0.05, 0.1) is 0 Å². The molecule has 1 aromatic carbocycles. The third kappa shape index (κ3) is 5.21. The minimum absolute atomic E-state index is 0.0421. The summed E-state index contributed by atoms with van der Waals surface area (Å²) in [6.07, 6.45) is 1.61. The van der Waals surface area contributed by atoms with Crippen molar-refractivity contribution in [2.45, 2.75) is 46.6 Å². The van der Waals surface area contributed by atoms with Gasteiger partial charge in [-0.15, -0.1) is 0 Å². The van der Waals surface area contributed by atoms with Crippen molar-refractivity contribution in [1.82, 2.24) is 4.90 Å². The molecule has 0 saturated heterocycles. The van der Waals surface area contributed by atoms with E-state index in [4.69, 9.17) is 5.73 Å². The molecule has 112 valence electrons. The topological polar surface area (TPSA) is 58.4 Å². The Labute approximate surface area is 122 Å². The summed E-state index contributed by atoms with van der Waals surface area (Å²) in [5, 5.41) is 2.94. The van der Waals surface area contributed by atoms with Crippen molar-refractivity contribution in [3.05, 3.63) is 23.8 Å². The molecule has 0 heterocycles. The van der Waals surface area contributed by atoms with E-state index < -0.39 is 0 Å². The molecule has 0 aliphatic rings. The largest absolute Gasteiger partial charge is 0.399 e. The SMILES string of the molecule is CCCN(CCC(=O)Nc1cc(N)ccc1C)C(C)C. The van der Waals surface area contributed by atoms with Gasteiger partial charge in [0.15, 0.2) is 0 Å². The minimum atomic E-state index is 0.0421. The lowest BCUT2D eigenvalue weighted by Gasteiger charge is -2.25. The summed E-state index contributed by atoms with van der Waals surface area (Å²) in [4.78, 5) is 14.4. The number of amides is 1. The summed E-state index contributed by atoms with van der Waals surface area (Å²) in [5.41, 5.74) is 8.25. The molecule has 1 aromatic rings. The van der Waals surface area contributed by atoms with Gasteiger partial charge >= 0.3 is 0 Å². The molecule has 0 radical (unpaired) electrons.